The smallest absolute Gasteiger partial charge is 0.266 e. The summed E-state index contributed by atoms with van der Waals surface area (Å²) < 4.78 is 19.7. The predicted molar refractivity (Wildman–Crippen MR) is 100 cm³/mol. The fourth-order valence-electron chi connectivity index (χ4n) is 2.63. The number of halogens is 2. The number of carbonyl (C=O) groups is 1. The van der Waals surface area contributed by atoms with E-state index in [1.54, 1.807) is 6.07 Å². The summed E-state index contributed by atoms with van der Waals surface area (Å²) in [6, 6.07) is 5.57. The van der Waals surface area contributed by atoms with Gasteiger partial charge in [-0.2, -0.15) is 4.36 Å². The Kier molecular flexibility index (Phi) is 5.07. The van der Waals surface area contributed by atoms with Gasteiger partial charge in [0.05, 0.1) is 23.6 Å². The van der Waals surface area contributed by atoms with Crippen LogP contribution in [0.15, 0.2) is 30.8 Å². The van der Waals surface area contributed by atoms with E-state index in [4.69, 9.17) is 0 Å². The second-order valence-corrected chi connectivity index (χ2v) is 11.0. The molecule has 0 unspecified atom stereocenters. The molecule has 2 aromatic rings. The highest BCUT2D eigenvalue weighted by atomic mass is 79.9. The monoisotopic (exact) mass is 463 g/mol. The predicted octanol–water partition coefficient (Wildman–Crippen LogP) is 5.61. The highest BCUT2D eigenvalue weighted by Gasteiger charge is 2.19. The third-order valence-electron chi connectivity index (χ3n) is 3.77. The van der Waals surface area contributed by atoms with E-state index in [9.17, 15) is 9.00 Å². The van der Waals surface area contributed by atoms with E-state index >= 15 is 0 Å². The Morgan fingerprint density at radius 2 is 1.82 bits per heavy atom. The zero-order valence-electron chi connectivity index (χ0n) is 11.8. The van der Waals surface area contributed by atoms with Crippen molar-refractivity contribution in [3.63, 3.8) is 0 Å². The molecule has 1 fully saturated rings. The summed E-state index contributed by atoms with van der Waals surface area (Å²) in [6.07, 6.45) is 3.97. The number of carbonyl (C=O) groups excluding carboxylic acids is 1. The molecule has 0 saturated carbocycles. The molecule has 7 heteroatoms. The van der Waals surface area contributed by atoms with Gasteiger partial charge in [0.15, 0.2) is 0 Å². The fraction of sp³-hybridized carbons (Fsp3) is 0.400. The van der Waals surface area contributed by atoms with Gasteiger partial charge in [0, 0.05) is 21.6 Å². The van der Waals surface area contributed by atoms with Crippen molar-refractivity contribution >= 4 is 68.9 Å². The van der Waals surface area contributed by atoms with Crippen molar-refractivity contribution in [3.8, 4) is 0 Å². The van der Waals surface area contributed by atoms with Crippen LogP contribution in [-0.2, 0) is 9.73 Å². The molecule has 0 radical (unpaired) electrons. The molecule has 3 rings (SSSR count). The third-order valence-corrected chi connectivity index (χ3v) is 9.65. The van der Waals surface area contributed by atoms with Crippen molar-refractivity contribution < 1.29 is 9.00 Å². The summed E-state index contributed by atoms with van der Waals surface area (Å²) in [5, 5.41) is 0.980. The third kappa shape index (κ3) is 3.32. The van der Waals surface area contributed by atoms with Crippen molar-refractivity contribution in [2.45, 2.75) is 25.7 Å². The van der Waals surface area contributed by atoms with E-state index in [1.807, 2.05) is 12.1 Å². The van der Waals surface area contributed by atoms with E-state index in [1.165, 1.54) is 11.3 Å². The molecule has 1 aliphatic rings. The Morgan fingerprint density at radius 3 is 2.50 bits per heavy atom. The molecule has 1 amide bonds. The number of thiophene rings is 1. The van der Waals surface area contributed by atoms with Gasteiger partial charge in [0.1, 0.15) is 0 Å². The van der Waals surface area contributed by atoms with E-state index in [2.05, 4.69) is 36.2 Å². The minimum absolute atomic E-state index is 0.348. The number of amides is 1. The van der Waals surface area contributed by atoms with E-state index in [0.29, 0.717) is 17.1 Å². The van der Waals surface area contributed by atoms with Crippen LogP contribution in [0.1, 0.15) is 36.0 Å². The largest absolute Gasteiger partial charge is 0.286 e. The first kappa shape index (κ1) is 16.6. The van der Waals surface area contributed by atoms with Crippen LogP contribution >= 0.6 is 43.2 Å². The van der Waals surface area contributed by atoms with Gasteiger partial charge in [-0.1, -0.05) is 25.0 Å². The molecule has 0 atom stereocenters. The highest BCUT2D eigenvalue weighted by Crippen LogP contribution is 2.41. The van der Waals surface area contributed by atoms with Crippen molar-refractivity contribution in [2.24, 2.45) is 4.36 Å². The van der Waals surface area contributed by atoms with Crippen LogP contribution in [-0.4, -0.2) is 21.6 Å². The molecule has 0 aliphatic carbocycles. The van der Waals surface area contributed by atoms with Crippen LogP contribution in [0.25, 0.3) is 10.1 Å². The quantitative estimate of drug-likeness (QED) is 0.550. The molecule has 1 aromatic carbocycles. The average Bonchev–Trinajstić information content (AvgIpc) is 2.65. The Balaban J connectivity index is 2.06. The van der Waals surface area contributed by atoms with E-state index in [-0.39, 0.29) is 5.91 Å². The van der Waals surface area contributed by atoms with Crippen molar-refractivity contribution in [2.75, 3.05) is 11.5 Å². The number of fused-ring (bicyclic) bond motifs is 1. The normalized spacial score (nSPS) is 18.1. The highest BCUT2D eigenvalue weighted by molar-refractivity contribution is 9.13. The molecule has 3 nitrogen and oxygen atoms in total. The summed E-state index contributed by atoms with van der Waals surface area (Å²) in [7, 11) is -2.39. The Labute approximate surface area is 150 Å². The molecular weight excluding hydrogens is 450 g/mol. The van der Waals surface area contributed by atoms with E-state index in [0.717, 1.165) is 44.0 Å². The van der Waals surface area contributed by atoms with Crippen LogP contribution in [0.5, 0.6) is 0 Å². The second kappa shape index (κ2) is 6.71. The minimum Gasteiger partial charge on any atom is -0.266 e. The molecule has 0 N–H and O–H groups in total. The van der Waals surface area contributed by atoms with Gasteiger partial charge in [-0.25, -0.2) is 4.21 Å². The maximum atomic E-state index is 12.8. The molecular formula is C15H15Br2NO2S2. The molecule has 1 saturated heterocycles. The molecule has 0 spiro atoms. The van der Waals surface area contributed by atoms with Gasteiger partial charge >= 0.3 is 0 Å². The zero-order valence-corrected chi connectivity index (χ0v) is 16.6. The number of benzene rings is 1. The minimum atomic E-state index is -2.39. The maximum absolute atomic E-state index is 12.8. The van der Waals surface area contributed by atoms with Crippen LogP contribution in [0, 0.1) is 0 Å². The van der Waals surface area contributed by atoms with Gasteiger partial charge in [0.2, 0.25) is 0 Å². The number of hydrogen-bond acceptors (Lipinski definition) is 3. The van der Waals surface area contributed by atoms with Crippen molar-refractivity contribution in [1.29, 1.82) is 0 Å². The Morgan fingerprint density at radius 1 is 1.14 bits per heavy atom. The summed E-state index contributed by atoms with van der Waals surface area (Å²) in [5.41, 5.74) is 0.542. The maximum Gasteiger partial charge on any atom is 0.286 e. The number of hydrogen-bond donors (Lipinski definition) is 0. The second-order valence-electron chi connectivity index (χ2n) is 5.36. The summed E-state index contributed by atoms with van der Waals surface area (Å²) in [4.78, 5) is 12.6. The Bertz CT molecular complexity index is 837. The lowest BCUT2D eigenvalue weighted by Gasteiger charge is -2.05. The van der Waals surface area contributed by atoms with Crippen LogP contribution < -0.4 is 0 Å². The molecule has 2 heterocycles. The Hall–Kier alpha value is -0.240. The van der Waals surface area contributed by atoms with Gasteiger partial charge in [0.25, 0.3) is 5.91 Å². The molecule has 118 valence electrons. The summed E-state index contributed by atoms with van der Waals surface area (Å²) in [6.45, 7) is 0. The number of nitrogens with zero attached hydrogens (tertiary/aromatic N) is 1. The molecule has 0 bridgehead atoms. The lowest BCUT2D eigenvalue weighted by molar-refractivity contribution is 0.101. The van der Waals surface area contributed by atoms with Gasteiger partial charge in [-0.15, -0.1) is 11.3 Å². The van der Waals surface area contributed by atoms with Gasteiger partial charge in [-0.05, 0) is 50.8 Å². The SMILES string of the molecule is O=C(N=S1(=O)CCCCCC1)c1cccc2c(Br)c(Br)sc12. The van der Waals surface area contributed by atoms with Crippen LogP contribution in [0.4, 0.5) is 0 Å². The summed E-state index contributed by atoms with van der Waals surface area (Å²) in [5.74, 6) is 0.748. The standard InChI is InChI=1S/C15H15Br2NO2S2/c16-12-10-6-5-7-11(13(10)21-14(12)17)15(19)18-22(20)8-3-1-2-4-9-22/h5-7H,1-4,8-9H2. The first-order valence-corrected chi connectivity index (χ1v) is 11.4. The number of rotatable bonds is 1. The van der Waals surface area contributed by atoms with Crippen molar-refractivity contribution in [3.05, 3.63) is 32.0 Å². The summed E-state index contributed by atoms with van der Waals surface area (Å²) >= 11 is 8.50. The van der Waals surface area contributed by atoms with Crippen molar-refractivity contribution in [1.82, 2.24) is 0 Å². The lowest BCUT2D eigenvalue weighted by atomic mass is 10.1. The average molecular weight is 465 g/mol. The van der Waals surface area contributed by atoms with Gasteiger partial charge < -0.3 is 0 Å². The van der Waals surface area contributed by atoms with Gasteiger partial charge in [-0.3, -0.25) is 4.79 Å². The first-order chi connectivity index (χ1) is 10.5. The zero-order chi connectivity index (χ0) is 15.7. The van der Waals surface area contributed by atoms with Crippen LogP contribution in [0.3, 0.4) is 0 Å². The molecule has 1 aliphatic heterocycles. The lowest BCUT2D eigenvalue weighted by Crippen LogP contribution is -2.11. The van der Waals surface area contributed by atoms with E-state index < -0.39 is 9.73 Å². The fourth-order valence-corrected chi connectivity index (χ4v) is 7.06. The first-order valence-electron chi connectivity index (χ1n) is 7.13. The van der Waals surface area contributed by atoms with Crippen LogP contribution in [0.2, 0.25) is 0 Å². The topological polar surface area (TPSA) is 46.5 Å². The molecule has 22 heavy (non-hydrogen) atoms. The molecule has 1 aromatic heterocycles.